The van der Waals surface area contributed by atoms with Gasteiger partial charge in [-0.15, -0.1) is 0 Å². The van der Waals surface area contributed by atoms with Gasteiger partial charge in [0.25, 0.3) is 11.1 Å². The predicted octanol–water partition coefficient (Wildman–Crippen LogP) is 0.817. The van der Waals surface area contributed by atoms with Crippen molar-refractivity contribution in [2.24, 2.45) is 0 Å². The van der Waals surface area contributed by atoms with Gasteiger partial charge in [-0.05, 0) is 12.1 Å². The molecule has 2 aliphatic rings. The van der Waals surface area contributed by atoms with Crippen LogP contribution in [0.3, 0.4) is 0 Å². The number of benzene rings is 1. The smallest absolute Gasteiger partial charge is 0.338 e. The second-order valence-corrected chi connectivity index (χ2v) is 6.45. The molecule has 8 nitrogen and oxygen atoms in total. The first kappa shape index (κ1) is 18.0. The summed E-state index contributed by atoms with van der Waals surface area (Å²) in [6, 6.07) is 7.28. The van der Waals surface area contributed by atoms with Crippen LogP contribution in [0.2, 0.25) is 0 Å². The number of amides is 3. The average Bonchev–Trinajstić information content (AvgIpc) is 2.97. The van der Waals surface area contributed by atoms with E-state index in [1.54, 1.807) is 12.1 Å². The van der Waals surface area contributed by atoms with Crippen LogP contribution in [0.25, 0.3) is 6.08 Å². The van der Waals surface area contributed by atoms with Gasteiger partial charge in [0, 0.05) is 18.7 Å². The fourth-order valence-electron chi connectivity index (χ4n) is 2.41. The van der Waals surface area contributed by atoms with Crippen LogP contribution in [0.1, 0.15) is 5.56 Å². The maximum absolute atomic E-state index is 12.0. The third-order valence-electron chi connectivity index (χ3n) is 3.73. The zero-order valence-corrected chi connectivity index (χ0v) is 14.5. The van der Waals surface area contributed by atoms with Gasteiger partial charge >= 0.3 is 5.97 Å². The Bertz CT molecular complexity index is 775. The molecule has 1 aromatic carbocycles. The fourth-order valence-corrected chi connectivity index (χ4v) is 3.16. The first-order valence-electron chi connectivity index (χ1n) is 7.88. The molecule has 26 heavy (non-hydrogen) atoms. The van der Waals surface area contributed by atoms with E-state index in [1.807, 2.05) is 18.2 Å². The van der Waals surface area contributed by atoms with E-state index in [4.69, 9.17) is 9.47 Å². The number of para-hydroxylation sites is 1. The van der Waals surface area contributed by atoms with Crippen LogP contribution in [-0.4, -0.2) is 60.0 Å². The van der Waals surface area contributed by atoms with Crippen LogP contribution in [0.5, 0.6) is 5.75 Å². The molecule has 3 amide bonds. The molecule has 136 valence electrons. The number of esters is 1. The third-order valence-corrected chi connectivity index (χ3v) is 4.59. The minimum atomic E-state index is -0.629. The molecular weight excluding hydrogens is 360 g/mol. The van der Waals surface area contributed by atoms with Crippen molar-refractivity contribution in [1.82, 2.24) is 10.2 Å². The zero-order valence-electron chi connectivity index (χ0n) is 13.7. The minimum Gasteiger partial charge on any atom is -0.488 e. The Balaban J connectivity index is 1.42. The fraction of sp³-hybridized carbons (Fsp3) is 0.294. The Morgan fingerprint density at radius 3 is 2.85 bits per heavy atom. The molecule has 0 bridgehead atoms. The first-order chi connectivity index (χ1) is 12.5. The zero-order chi connectivity index (χ0) is 18.5. The number of carbonyl (C=O) groups excluding carboxylic acids is 4. The van der Waals surface area contributed by atoms with Crippen molar-refractivity contribution >= 4 is 40.9 Å². The lowest BCUT2D eigenvalue weighted by atomic mass is 10.1. The Labute approximate surface area is 153 Å². The van der Waals surface area contributed by atoms with Gasteiger partial charge in [-0.25, -0.2) is 4.79 Å². The molecule has 2 aliphatic heterocycles. The number of hydrogen-bond acceptors (Lipinski definition) is 7. The SMILES string of the molecule is O=C(COC(=O)C1=Cc2ccccc2OC1)NCCN1C(=O)CSC1=O. The maximum atomic E-state index is 12.0. The van der Waals surface area contributed by atoms with Crippen LogP contribution in [0.15, 0.2) is 29.8 Å². The van der Waals surface area contributed by atoms with Gasteiger partial charge in [0.1, 0.15) is 12.4 Å². The highest BCUT2D eigenvalue weighted by atomic mass is 32.2. The number of carbonyl (C=O) groups is 4. The predicted molar refractivity (Wildman–Crippen MR) is 93.4 cm³/mol. The van der Waals surface area contributed by atoms with Gasteiger partial charge in [-0.3, -0.25) is 19.3 Å². The van der Waals surface area contributed by atoms with Gasteiger partial charge in [0.15, 0.2) is 6.61 Å². The molecule has 2 heterocycles. The Hall–Kier alpha value is -2.81. The normalized spacial score (nSPS) is 15.8. The van der Waals surface area contributed by atoms with Crippen molar-refractivity contribution in [2.45, 2.75) is 0 Å². The van der Waals surface area contributed by atoms with Crippen molar-refractivity contribution in [2.75, 3.05) is 32.1 Å². The number of fused-ring (bicyclic) bond motifs is 1. The molecule has 1 fully saturated rings. The van der Waals surface area contributed by atoms with Crippen molar-refractivity contribution in [3.05, 3.63) is 35.4 Å². The van der Waals surface area contributed by atoms with Crippen molar-refractivity contribution < 1.29 is 28.7 Å². The lowest BCUT2D eigenvalue weighted by molar-refractivity contribution is -0.145. The molecule has 0 aliphatic carbocycles. The number of hydrogen-bond donors (Lipinski definition) is 1. The number of nitrogens with zero attached hydrogens (tertiary/aromatic N) is 1. The molecule has 1 aromatic rings. The average molecular weight is 376 g/mol. The number of ether oxygens (including phenoxy) is 2. The quantitative estimate of drug-likeness (QED) is 0.733. The van der Waals surface area contributed by atoms with E-state index in [0.717, 1.165) is 22.2 Å². The maximum Gasteiger partial charge on any atom is 0.338 e. The van der Waals surface area contributed by atoms with Crippen molar-refractivity contribution in [1.29, 1.82) is 0 Å². The molecule has 0 unspecified atom stereocenters. The van der Waals surface area contributed by atoms with E-state index in [0.29, 0.717) is 11.3 Å². The summed E-state index contributed by atoms with van der Waals surface area (Å²) in [5.74, 6) is -0.597. The van der Waals surface area contributed by atoms with Crippen LogP contribution >= 0.6 is 11.8 Å². The van der Waals surface area contributed by atoms with Crippen LogP contribution in [0, 0.1) is 0 Å². The second kappa shape index (κ2) is 8.05. The molecule has 0 radical (unpaired) electrons. The topological polar surface area (TPSA) is 102 Å². The number of rotatable bonds is 6. The molecule has 3 rings (SSSR count). The van der Waals surface area contributed by atoms with E-state index >= 15 is 0 Å². The molecule has 1 N–H and O–H groups in total. The number of thioether (sulfide) groups is 1. The summed E-state index contributed by atoms with van der Waals surface area (Å²) in [6.45, 7) is -0.170. The van der Waals surface area contributed by atoms with E-state index in [2.05, 4.69) is 5.32 Å². The lowest BCUT2D eigenvalue weighted by Gasteiger charge is -2.17. The molecule has 9 heteroatoms. The Kier molecular flexibility index (Phi) is 5.57. The summed E-state index contributed by atoms with van der Waals surface area (Å²) in [7, 11) is 0. The molecular formula is C17H16N2O6S. The summed E-state index contributed by atoms with van der Waals surface area (Å²) in [5, 5.41) is 2.18. The van der Waals surface area contributed by atoms with Gasteiger partial charge in [-0.1, -0.05) is 30.0 Å². The van der Waals surface area contributed by atoms with Crippen molar-refractivity contribution in [3.8, 4) is 5.75 Å². The first-order valence-corrected chi connectivity index (χ1v) is 8.86. The van der Waals surface area contributed by atoms with Crippen molar-refractivity contribution in [3.63, 3.8) is 0 Å². The van der Waals surface area contributed by atoms with Gasteiger partial charge in [0.05, 0.1) is 11.3 Å². The van der Waals surface area contributed by atoms with Crippen LogP contribution < -0.4 is 10.1 Å². The lowest BCUT2D eigenvalue weighted by Crippen LogP contribution is -2.39. The Morgan fingerprint density at radius 2 is 2.08 bits per heavy atom. The largest absolute Gasteiger partial charge is 0.488 e. The van der Waals surface area contributed by atoms with E-state index in [1.165, 1.54) is 0 Å². The highest BCUT2D eigenvalue weighted by molar-refractivity contribution is 8.14. The van der Waals surface area contributed by atoms with Gasteiger partial charge in [-0.2, -0.15) is 0 Å². The summed E-state index contributed by atoms with van der Waals surface area (Å²) in [5.41, 5.74) is 1.09. The molecule has 0 atom stereocenters. The van der Waals surface area contributed by atoms with Gasteiger partial charge in [0.2, 0.25) is 5.91 Å². The van der Waals surface area contributed by atoms with Crippen LogP contribution in [-0.2, 0) is 19.1 Å². The summed E-state index contributed by atoms with van der Waals surface area (Å²) >= 11 is 0.935. The number of nitrogens with one attached hydrogen (secondary N) is 1. The van der Waals surface area contributed by atoms with Crippen LogP contribution in [0.4, 0.5) is 4.79 Å². The molecule has 1 saturated heterocycles. The standard InChI is InChI=1S/C17H16N2O6S/c20-14(18-5-6-19-15(21)10-26-17(19)23)9-25-16(22)12-7-11-3-1-2-4-13(11)24-8-12/h1-4,7H,5-6,8-10H2,(H,18,20). The summed E-state index contributed by atoms with van der Waals surface area (Å²) in [4.78, 5) is 47.7. The van der Waals surface area contributed by atoms with Gasteiger partial charge < -0.3 is 14.8 Å². The summed E-state index contributed by atoms with van der Waals surface area (Å²) in [6.07, 6.45) is 1.67. The van der Waals surface area contributed by atoms with E-state index in [9.17, 15) is 19.2 Å². The third kappa shape index (κ3) is 4.23. The minimum absolute atomic E-state index is 0.0777. The van der Waals surface area contributed by atoms with E-state index < -0.39 is 18.5 Å². The molecule has 0 saturated carbocycles. The summed E-state index contributed by atoms with van der Waals surface area (Å²) < 4.78 is 10.4. The monoisotopic (exact) mass is 376 g/mol. The molecule has 0 aromatic heterocycles. The highest BCUT2D eigenvalue weighted by Crippen LogP contribution is 2.26. The number of imide groups is 1. The molecule has 0 spiro atoms. The highest BCUT2D eigenvalue weighted by Gasteiger charge is 2.29. The van der Waals surface area contributed by atoms with E-state index in [-0.39, 0.29) is 36.6 Å². The second-order valence-electron chi connectivity index (χ2n) is 5.52. The Morgan fingerprint density at radius 1 is 1.27 bits per heavy atom.